The van der Waals surface area contributed by atoms with E-state index in [1.165, 1.54) is 6.07 Å². The smallest absolute Gasteiger partial charge is 0.186 e. The van der Waals surface area contributed by atoms with Gasteiger partial charge in [0.2, 0.25) is 0 Å². The highest BCUT2D eigenvalue weighted by Crippen LogP contribution is 2.18. The number of nitrogens with zero attached hydrogens (tertiary/aromatic N) is 1. The Balaban J connectivity index is 2.29. The van der Waals surface area contributed by atoms with Crippen molar-refractivity contribution in [1.82, 2.24) is 15.3 Å². The molecular formula is C12H15F2N3. The van der Waals surface area contributed by atoms with Crippen LogP contribution < -0.4 is 5.32 Å². The number of H-pyrrole nitrogens is 1. The van der Waals surface area contributed by atoms with Gasteiger partial charge in [-0.25, -0.2) is 13.8 Å². The zero-order chi connectivity index (χ0) is 12.6. The molecule has 0 spiro atoms. The van der Waals surface area contributed by atoms with Gasteiger partial charge in [-0.15, -0.1) is 0 Å². The molecular weight excluding hydrogens is 224 g/mol. The third-order valence-electron chi connectivity index (χ3n) is 2.38. The molecule has 2 aromatic rings. The average Bonchev–Trinajstić information content (AvgIpc) is 2.64. The zero-order valence-corrected chi connectivity index (χ0v) is 10.1. The third-order valence-corrected chi connectivity index (χ3v) is 2.38. The Labute approximate surface area is 98.2 Å². The minimum atomic E-state index is -0.902. The fourth-order valence-electron chi connectivity index (χ4n) is 1.50. The summed E-state index contributed by atoms with van der Waals surface area (Å²) >= 11 is 0. The molecule has 0 saturated carbocycles. The Kier molecular flexibility index (Phi) is 2.87. The number of aromatic amines is 1. The second kappa shape index (κ2) is 4.07. The van der Waals surface area contributed by atoms with Gasteiger partial charge in [-0.1, -0.05) is 0 Å². The van der Waals surface area contributed by atoms with Crippen molar-refractivity contribution in [2.75, 3.05) is 0 Å². The first-order valence-corrected chi connectivity index (χ1v) is 5.44. The molecule has 0 aliphatic rings. The second-order valence-electron chi connectivity index (χ2n) is 5.04. The summed E-state index contributed by atoms with van der Waals surface area (Å²) in [5.41, 5.74) is 0.508. The van der Waals surface area contributed by atoms with Crippen molar-refractivity contribution in [1.29, 1.82) is 0 Å². The number of aromatic nitrogens is 2. The van der Waals surface area contributed by atoms with E-state index in [4.69, 9.17) is 0 Å². The normalized spacial score (nSPS) is 12.3. The number of imidazole rings is 1. The summed E-state index contributed by atoms with van der Waals surface area (Å²) in [6.45, 7) is 6.56. The van der Waals surface area contributed by atoms with Crippen LogP contribution in [0.2, 0.25) is 0 Å². The van der Waals surface area contributed by atoms with Gasteiger partial charge in [0.05, 0.1) is 12.1 Å². The first-order chi connectivity index (χ1) is 7.87. The summed E-state index contributed by atoms with van der Waals surface area (Å²) < 4.78 is 26.4. The summed E-state index contributed by atoms with van der Waals surface area (Å²) in [6, 6.07) is 2.58. The van der Waals surface area contributed by atoms with E-state index in [0.29, 0.717) is 17.9 Å². The molecule has 0 fully saturated rings. The van der Waals surface area contributed by atoms with Crippen LogP contribution in [0.4, 0.5) is 8.78 Å². The van der Waals surface area contributed by atoms with Crippen LogP contribution in [0.15, 0.2) is 12.1 Å². The summed E-state index contributed by atoms with van der Waals surface area (Å²) in [4.78, 5) is 7.00. The Morgan fingerprint density at radius 3 is 2.65 bits per heavy atom. The van der Waals surface area contributed by atoms with E-state index in [0.717, 1.165) is 6.07 Å². The van der Waals surface area contributed by atoms with Crippen molar-refractivity contribution in [3.05, 3.63) is 29.6 Å². The Bertz CT molecular complexity index is 540. The molecule has 0 saturated heterocycles. The number of hydrogen-bond acceptors (Lipinski definition) is 2. The predicted octanol–water partition coefficient (Wildman–Crippen LogP) is 2.73. The van der Waals surface area contributed by atoms with Crippen LogP contribution in [0.5, 0.6) is 0 Å². The van der Waals surface area contributed by atoms with E-state index < -0.39 is 11.6 Å². The molecule has 3 nitrogen and oxygen atoms in total. The van der Waals surface area contributed by atoms with E-state index in [-0.39, 0.29) is 11.1 Å². The minimum Gasteiger partial charge on any atom is -0.341 e. The topological polar surface area (TPSA) is 40.7 Å². The van der Waals surface area contributed by atoms with Crippen molar-refractivity contribution in [3.8, 4) is 0 Å². The molecule has 17 heavy (non-hydrogen) atoms. The maximum Gasteiger partial charge on any atom is 0.186 e. The molecule has 2 N–H and O–H groups in total. The van der Waals surface area contributed by atoms with Crippen LogP contribution in [0.3, 0.4) is 0 Å². The molecule has 5 heteroatoms. The monoisotopic (exact) mass is 239 g/mol. The molecule has 0 radical (unpaired) electrons. The molecule has 0 aliphatic heterocycles. The second-order valence-corrected chi connectivity index (χ2v) is 5.04. The van der Waals surface area contributed by atoms with E-state index in [1.54, 1.807) is 0 Å². The minimum absolute atomic E-state index is 0.0516. The lowest BCUT2D eigenvalue weighted by Gasteiger charge is -2.19. The van der Waals surface area contributed by atoms with Gasteiger partial charge >= 0.3 is 0 Å². The average molecular weight is 239 g/mol. The van der Waals surface area contributed by atoms with Gasteiger partial charge in [-0.05, 0) is 32.9 Å². The zero-order valence-electron chi connectivity index (χ0n) is 10.1. The maximum absolute atomic E-state index is 13.4. The SMILES string of the molecule is CC(C)(C)NCc1nc2c(F)c(F)ccc2[nH]1. The first-order valence-electron chi connectivity index (χ1n) is 5.44. The van der Waals surface area contributed by atoms with Crippen molar-refractivity contribution in [2.45, 2.75) is 32.9 Å². The molecule has 0 aliphatic carbocycles. The lowest BCUT2D eigenvalue weighted by molar-refractivity contribution is 0.419. The molecule has 1 heterocycles. The summed E-state index contributed by atoms with van der Waals surface area (Å²) in [7, 11) is 0. The van der Waals surface area contributed by atoms with Gasteiger partial charge in [0.15, 0.2) is 11.6 Å². The van der Waals surface area contributed by atoms with Crippen molar-refractivity contribution < 1.29 is 8.78 Å². The Hall–Kier alpha value is -1.49. The Morgan fingerprint density at radius 1 is 1.29 bits per heavy atom. The van der Waals surface area contributed by atoms with Crippen LogP contribution in [0.1, 0.15) is 26.6 Å². The first kappa shape index (κ1) is 12.0. The van der Waals surface area contributed by atoms with Crippen LogP contribution in [-0.2, 0) is 6.54 Å². The molecule has 2 rings (SSSR count). The van der Waals surface area contributed by atoms with E-state index in [9.17, 15) is 8.78 Å². The lowest BCUT2D eigenvalue weighted by atomic mass is 10.1. The molecule has 0 bridgehead atoms. The van der Waals surface area contributed by atoms with Gasteiger partial charge in [0.25, 0.3) is 0 Å². The standard InChI is InChI=1S/C12H15F2N3/c1-12(2,3)15-6-9-16-8-5-4-7(13)10(14)11(8)17-9/h4-5,15H,6H2,1-3H3,(H,16,17). The molecule has 0 unspecified atom stereocenters. The van der Waals surface area contributed by atoms with Crippen LogP contribution in [0.25, 0.3) is 11.0 Å². The number of rotatable bonds is 2. The molecule has 92 valence electrons. The summed E-state index contributed by atoms with van der Waals surface area (Å²) in [5.74, 6) is -1.18. The van der Waals surface area contributed by atoms with Gasteiger partial charge < -0.3 is 10.3 Å². The van der Waals surface area contributed by atoms with Crippen molar-refractivity contribution in [2.24, 2.45) is 0 Å². The van der Waals surface area contributed by atoms with E-state index in [1.807, 2.05) is 20.8 Å². The highest BCUT2D eigenvalue weighted by molar-refractivity contribution is 5.75. The van der Waals surface area contributed by atoms with E-state index in [2.05, 4.69) is 15.3 Å². The molecule has 1 aromatic heterocycles. The quantitative estimate of drug-likeness (QED) is 0.846. The number of benzene rings is 1. The Morgan fingerprint density at radius 2 is 2.00 bits per heavy atom. The van der Waals surface area contributed by atoms with Gasteiger partial charge in [-0.2, -0.15) is 0 Å². The van der Waals surface area contributed by atoms with Crippen LogP contribution >= 0.6 is 0 Å². The van der Waals surface area contributed by atoms with Gasteiger partial charge in [0, 0.05) is 5.54 Å². The number of fused-ring (bicyclic) bond motifs is 1. The highest BCUT2D eigenvalue weighted by atomic mass is 19.2. The van der Waals surface area contributed by atoms with Gasteiger partial charge in [-0.3, -0.25) is 0 Å². The number of nitrogens with one attached hydrogen (secondary N) is 2. The van der Waals surface area contributed by atoms with E-state index >= 15 is 0 Å². The fraction of sp³-hybridized carbons (Fsp3) is 0.417. The lowest BCUT2D eigenvalue weighted by Crippen LogP contribution is -2.35. The van der Waals surface area contributed by atoms with Crippen molar-refractivity contribution >= 4 is 11.0 Å². The largest absolute Gasteiger partial charge is 0.341 e. The third kappa shape index (κ3) is 2.61. The predicted molar refractivity (Wildman–Crippen MR) is 62.6 cm³/mol. The fourth-order valence-corrected chi connectivity index (χ4v) is 1.50. The molecule has 1 aromatic carbocycles. The molecule has 0 amide bonds. The molecule has 0 atom stereocenters. The number of hydrogen-bond donors (Lipinski definition) is 2. The van der Waals surface area contributed by atoms with Crippen molar-refractivity contribution in [3.63, 3.8) is 0 Å². The highest BCUT2D eigenvalue weighted by Gasteiger charge is 2.13. The van der Waals surface area contributed by atoms with Crippen LogP contribution in [0, 0.1) is 11.6 Å². The summed E-state index contributed by atoms with van der Waals surface area (Å²) in [6.07, 6.45) is 0. The number of halogens is 2. The van der Waals surface area contributed by atoms with Crippen LogP contribution in [-0.4, -0.2) is 15.5 Å². The maximum atomic E-state index is 13.4. The van der Waals surface area contributed by atoms with Gasteiger partial charge in [0.1, 0.15) is 11.3 Å². The summed E-state index contributed by atoms with van der Waals surface area (Å²) in [5, 5.41) is 3.22.